The van der Waals surface area contributed by atoms with Crippen molar-refractivity contribution in [2.24, 2.45) is 5.73 Å². The van der Waals surface area contributed by atoms with Gasteiger partial charge in [0.15, 0.2) is 0 Å². The highest BCUT2D eigenvalue weighted by atomic mass is 19.4. The maximum absolute atomic E-state index is 13.3. The Morgan fingerprint density at radius 1 is 1.11 bits per heavy atom. The molecule has 4 nitrogen and oxygen atoms in total. The predicted octanol–water partition coefficient (Wildman–Crippen LogP) is 3.67. The van der Waals surface area contributed by atoms with E-state index in [1.807, 2.05) is 14.1 Å². The Morgan fingerprint density at radius 3 is 2.43 bits per heavy atom. The van der Waals surface area contributed by atoms with Gasteiger partial charge in [-0.25, -0.2) is 0 Å². The molecule has 1 aliphatic carbocycles. The van der Waals surface area contributed by atoms with E-state index in [1.54, 1.807) is 12.1 Å². The van der Waals surface area contributed by atoms with Crippen molar-refractivity contribution >= 4 is 0 Å². The summed E-state index contributed by atoms with van der Waals surface area (Å²) in [5.74, 6) is -0.0448. The molecule has 2 unspecified atom stereocenters. The van der Waals surface area contributed by atoms with Crippen molar-refractivity contribution in [3.63, 3.8) is 0 Å². The molecule has 28 heavy (non-hydrogen) atoms. The minimum atomic E-state index is -4.29. The van der Waals surface area contributed by atoms with E-state index in [9.17, 15) is 13.2 Å². The number of rotatable bonds is 6. The maximum atomic E-state index is 13.3. The second-order valence-electron chi connectivity index (χ2n) is 8.45. The first-order valence-electron chi connectivity index (χ1n) is 10.2. The molecule has 1 saturated heterocycles. The van der Waals surface area contributed by atoms with Crippen LogP contribution in [0.25, 0.3) is 0 Å². The van der Waals surface area contributed by atoms with E-state index >= 15 is 0 Å². The smallest absolute Gasteiger partial charge is 0.377 e. The summed E-state index contributed by atoms with van der Waals surface area (Å²) in [6.45, 7) is 2.44. The molecule has 0 amide bonds. The third kappa shape index (κ3) is 5.26. The second-order valence-corrected chi connectivity index (χ2v) is 8.45. The first kappa shape index (κ1) is 21.6. The number of ether oxygens (including phenoxy) is 1. The Balaban J connectivity index is 1.52. The first-order chi connectivity index (χ1) is 13.3. The lowest BCUT2D eigenvalue weighted by Crippen LogP contribution is -2.46. The van der Waals surface area contributed by atoms with Gasteiger partial charge < -0.3 is 10.5 Å². The average molecular weight is 400 g/mol. The summed E-state index contributed by atoms with van der Waals surface area (Å²) in [4.78, 5) is 4.49. The van der Waals surface area contributed by atoms with Crippen molar-refractivity contribution in [1.29, 1.82) is 0 Å². The average Bonchev–Trinajstić information content (AvgIpc) is 2.98. The fraction of sp³-hybridized carbons (Fsp3) is 0.714. The van der Waals surface area contributed by atoms with E-state index in [0.717, 1.165) is 45.3 Å². The van der Waals surface area contributed by atoms with Crippen LogP contribution in [0.5, 0.6) is 0 Å². The monoisotopic (exact) mass is 399 g/mol. The fourth-order valence-electron chi connectivity index (χ4n) is 4.60. The molecule has 1 aliphatic heterocycles. The third-order valence-electron chi connectivity index (χ3n) is 6.06. The van der Waals surface area contributed by atoms with Gasteiger partial charge in [0.25, 0.3) is 0 Å². The Kier molecular flexibility index (Phi) is 7.02. The summed E-state index contributed by atoms with van der Waals surface area (Å²) in [7, 11) is 4.09. The molecule has 1 aromatic carbocycles. The zero-order valence-electron chi connectivity index (χ0n) is 16.8. The number of hydrogen-bond acceptors (Lipinski definition) is 4. The van der Waals surface area contributed by atoms with Gasteiger partial charge in [0.05, 0.1) is 24.9 Å². The van der Waals surface area contributed by atoms with E-state index in [-0.39, 0.29) is 24.1 Å². The van der Waals surface area contributed by atoms with Gasteiger partial charge in [0.2, 0.25) is 0 Å². The number of hydrogen-bond donors (Lipinski definition) is 1. The molecule has 2 atom stereocenters. The summed E-state index contributed by atoms with van der Waals surface area (Å²) in [6.07, 6.45) is -0.144. The van der Waals surface area contributed by atoms with E-state index in [0.29, 0.717) is 12.2 Å². The van der Waals surface area contributed by atoms with Crippen molar-refractivity contribution in [1.82, 2.24) is 9.80 Å². The van der Waals surface area contributed by atoms with Crippen LogP contribution in [0, 0.1) is 0 Å². The predicted molar refractivity (Wildman–Crippen MR) is 104 cm³/mol. The number of alkyl halides is 3. The van der Waals surface area contributed by atoms with Gasteiger partial charge >= 0.3 is 6.18 Å². The van der Waals surface area contributed by atoms with Crippen LogP contribution >= 0.6 is 0 Å². The number of likely N-dealkylation sites (tertiary alicyclic amines) is 1. The SMILES string of the molecule is CN(C)CN1CCC(N)C1CO[C@H]1CC[C@@H](c2ccccc2C(F)(F)F)CC1. The normalized spacial score (nSPS) is 29.5. The number of nitrogens with zero attached hydrogens (tertiary/aromatic N) is 2. The van der Waals surface area contributed by atoms with Crippen LogP contribution in [0.2, 0.25) is 0 Å². The standard InChI is InChI=1S/C21H32F3N3O/c1-26(2)14-27-12-11-19(25)20(27)13-28-16-9-7-15(8-10-16)17-5-3-4-6-18(17)21(22,23)24/h3-6,15-16,19-20H,7-14,25H2,1-2H3/t15-,16+,19?,20?. The quantitative estimate of drug-likeness (QED) is 0.793. The van der Waals surface area contributed by atoms with Crippen molar-refractivity contribution in [3.05, 3.63) is 35.4 Å². The zero-order chi connectivity index (χ0) is 20.3. The molecule has 158 valence electrons. The molecule has 1 aromatic rings. The topological polar surface area (TPSA) is 41.7 Å². The highest BCUT2D eigenvalue weighted by Gasteiger charge is 2.37. The number of benzene rings is 1. The molecule has 1 heterocycles. The molecule has 0 radical (unpaired) electrons. The Morgan fingerprint density at radius 2 is 1.79 bits per heavy atom. The highest BCUT2D eigenvalue weighted by molar-refractivity contribution is 5.33. The van der Waals surface area contributed by atoms with Crippen molar-refractivity contribution in [2.45, 2.75) is 62.4 Å². The van der Waals surface area contributed by atoms with Crippen molar-refractivity contribution < 1.29 is 17.9 Å². The van der Waals surface area contributed by atoms with Crippen LogP contribution in [0.1, 0.15) is 49.1 Å². The van der Waals surface area contributed by atoms with Crippen LogP contribution in [-0.4, -0.2) is 61.9 Å². The van der Waals surface area contributed by atoms with Gasteiger partial charge in [-0.15, -0.1) is 0 Å². The molecule has 0 bridgehead atoms. The van der Waals surface area contributed by atoms with Crippen LogP contribution in [0.15, 0.2) is 24.3 Å². The van der Waals surface area contributed by atoms with Crippen molar-refractivity contribution in [3.8, 4) is 0 Å². The van der Waals surface area contributed by atoms with E-state index in [1.165, 1.54) is 12.1 Å². The van der Waals surface area contributed by atoms with Crippen molar-refractivity contribution in [2.75, 3.05) is 33.9 Å². The first-order valence-corrected chi connectivity index (χ1v) is 10.2. The van der Waals surface area contributed by atoms with Crippen LogP contribution in [0.3, 0.4) is 0 Å². The molecule has 1 saturated carbocycles. The summed E-state index contributed by atoms with van der Waals surface area (Å²) in [5, 5.41) is 0. The fourth-order valence-corrected chi connectivity index (χ4v) is 4.60. The number of halogens is 3. The molecule has 0 aromatic heterocycles. The molecule has 2 N–H and O–H groups in total. The van der Waals surface area contributed by atoms with Gasteiger partial charge in [-0.1, -0.05) is 18.2 Å². The summed E-state index contributed by atoms with van der Waals surface area (Å²) in [5.41, 5.74) is 6.21. The lowest BCUT2D eigenvalue weighted by atomic mass is 9.81. The minimum absolute atomic E-state index is 0.0448. The maximum Gasteiger partial charge on any atom is 0.416 e. The molecule has 2 fully saturated rings. The second kappa shape index (κ2) is 9.11. The summed E-state index contributed by atoms with van der Waals surface area (Å²) < 4.78 is 46.0. The Labute approximate surface area is 165 Å². The Hall–Kier alpha value is -1.15. The Bertz CT molecular complexity index is 630. The summed E-state index contributed by atoms with van der Waals surface area (Å²) >= 11 is 0. The molecule has 0 spiro atoms. The van der Waals surface area contributed by atoms with Crippen LogP contribution in [-0.2, 0) is 10.9 Å². The molecular weight excluding hydrogens is 367 g/mol. The van der Waals surface area contributed by atoms with Crippen LogP contribution in [0.4, 0.5) is 13.2 Å². The highest BCUT2D eigenvalue weighted by Crippen LogP contribution is 2.41. The lowest BCUT2D eigenvalue weighted by Gasteiger charge is -2.33. The van der Waals surface area contributed by atoms with Gasteiger partial charge in [0, 0.05) is 18.6 Å². The van der Waals surface area contributed by atoms with E-state index in [2.05, 4.69) is 9.80 Å². The van der Waals surface area contributed by atoms with E-state index < -0.39 is 11.7 Å². The molecular formula is C21H32F3N3O. The van der Waals surface area contributed by atoms with Gasteiger partial charge in [0.1, 0.15) is 0 Å². The number of nitrogens with two attached hydrogens (primary N) is 1. The van der Waals surface area contributed by atoms with Gasteiger partial charge in [-0.2, -0.15) is 13.2 Å². The zero-order valence-corrected chi connectivity index (χ0v) is 16.8. The van der Waals surface area contributed by atoms with Gasteiger partial charge in [-0.3, -0.25) is 9.80 Å². The third-order valence-corrected chi connectivity index (χ3v) is 6.06. The molecule has 3 rings (SSSR count). The lowest BCUT2D eigenvalue weighted by molar-refractivity contribution is -0.138. The minimum Gasteiger partial charge on any atom is -0.377 e. The van der Waals surface area contributed by atoms with Gasteiger partial charge in [-0.05, 0) is 63.7 Å². The van der Waals surface area contributed by atoms with Crippen LogP contribution < -0.4 is 5.73 Å². The largest absolute Gasteiger partial charge is 0.416 e. The molecule has 7 heteroatoms. The summed E-state index contributed by atoms with van der Waals surface area (Å²) in [6, 6.07) is 6.32. The molecule has 2 aliphatic rings. The van der Waals surface area contributed by atoms with E-state index in [4.69, 9.17) is 10.5 Å².